The Balaban J connectivity index is 2.73. The van der Waals surface area contributed by atoms with Crippen LogP contribution >= 0.6 is 23.2 Å². The third-order valence-electron chi connectivity index (χ3n) is 2.78. The summed E-state index contributed by atoms with van der Waals surface area (Å²) in [6.07, 6.45) is 0.635. The second kappa shape index (κ2) is 7.97. The Hall–Kier alpha value is -0.320. The molecule has 0 aromatic heterocycles. The number of rotatable bonds is 7. The van der Waals surface area contributed by atoms with Crippen LogP contribution in [0.2, 0.25) is 10.0 Å². The third-order valence-corrected chi connectivity index (χ3v) is 3.61. The van der Waals surface area contributed by atoms with Gasteiger partial charge in [0.1, 0.15) is 0 Å². The number of nitrogens with one attached hydrogen (secondary N) is 1. The lowest BCUT2D eigenvalue weighted by atomic mass is 10.1. The van der Waals surface area contributed by atoms with Crippen LogP contribution in [-0.2, 0) is 4.74 Å². The summed E-state index contributed by atoms with van der Waals surface area (Å²) in [5, 5.41) is 13.5. The molecule has 3 nitrogen and oxygen atoms in total. The molecule has 0 aliphatic carbocycles. The molecule has 1 aromatic carbocycles. The van der Waals surface area contributed by atoms with Gasteiger partial charge in [0.25, 0.3) is 0 Å². The first kappa shape index (κ1) is 15.7. The van der Waals surface area contributed by atoms with Gasteiger partial charge in [0.15, 0.2) is 0 Å². The van der Waals surface area contributed by atoms with E-state index in [4.69, 9.17) is 33.0 Å². The fourth-order valence-electron chi connectivity index (χ4n) is 1.87. The summed E-state index contributed by atoms with van der Waals surface area (Å²) in [7, 11) is 1.64. The number of benzene rings is 1. The average Bonchev–Trinajstić information content (AvgIpc) is 2.33. The molecule has 2 unspecified atom stereocenters. The summed E-state index contributed by atoms with van der Waals surface area (Å²) in [6, 6.07) is 5.71. The lowest BCUT2D eigenvalue weighted by Gasteiger charge is -2.23. The SMILES string of the molecule is COCC(CCO)NC(C)c1cccc(Cl)c1Cl. The minimum absolute atomic E-state index is 0.0444. The summed E-state index contributed by atoms with van der Waals surface area (Å²) in [5.74, 6) is 0. The van der Waals surface area contributed by atoms with E-state index in [0.717, 1.165) is 5.56 Å². The zero-order chi connectivity index (χ0) is 13.5. The number of hydrogen-bond acceptors (Lipinski definition) is 3. The predicted molar refractivity (Wildman–Crippen MR) is 75.4 cm³/mol. The number of ether oxygens (including phenoxy) is 1. The van der Waals surface area contributed by atoms with Crippen LogP contribution in [-0.4, -0.2) is 31.5 Å². The van der Waals surface area contributed by atoms with E-state index in [1.807, 2.05) is 19.1 Å². The number of aliphatic hydroxyl groups excluding tert-OH is 1. The Morgan fingerprint density at radius 3 is 2.72 bits per heavy atom. The topological polar surface area (TPSA) is 41.5 Å². The molecule has 0 saturated carbocycles. The molecule has 0 spiro atoms. The molecule has 18 heavy (non-hydrogen) atoms. The number of methoxy groups -OCH3 is 1. The zero-order valence-corrected chi connectivity index (χ0v) is 12.1. The molecule has 0 saturated heterocycles. The van der Waals surface area contributed by atoms with Crippen LogP contribution in [0.5, 0.6) is 0 Å². The van der Waals surface area contributed by atoms with Crippen LogP contribution in [0.4, 0.5) is 0 Å². The molecule has 0 aliphatic rings. The molecule has 102 valence electrons. The highest BCUT2D eigenvalue weighted by atomic mass is 35.5. The highest BCUT2D eigenvalue weighted by Gasteiger charge is 2.16. The van der Waals surface area contributed by atoms with E-state index in [1.165, 1.54) is 0 Å². The summed E-state index contributed by atoms with van der Waals surface area (Å²) in [5.41, 5.74) is 0.947. The summed E-state index contributed by atoms with van der Waals surface area (Å²) in [4.78, 5) is 0. The third kappa shape index (κ3) is 4.41. The average molecular weight is 292 g/mol. The van der Waals surface area contributed by atoms with Gasteiger partial charge in [0.05, 0.1) is 16.7 Å². The van der Waals surface area contributed by atoms with E-state index < -0.39 is 0 Å². The normalized spacial score (nSPS) is 14.5. The Bertz CT molecular complexity index is 368. The Morgan fingerprint density at radius 2 is 2.11 bits per heavy atom. The van der Waals surface area contributed by atoms with Crippen molar-refractivity contribution in [3.05, 3.63) is 33.8 Å². The van der Waals surface area contributed by atoms with E-state index >= 15 is 0 Å². The van der Waals surface area contributed by atoms with E-state index in [2.05, 4.69) is 5.32 Å². The van der Waals surface area contributed by atoms with Crippen molar-refractivity contribution in [3.8, 4) is 0 Å². The quantitative estimate of drug-likeness (QED) is 0.811. The van der Waals surface area contributed by atoms with Gasteiger partial charge < -0.3 is 15.2 Å². The molecular weight excluding hydrogens is 273 g/mol. The van der Waals surface area contributed by atoms with Crippen LogP contribution in [0.25, 0.3) is 0 Å². The van der Waals surface area contributed by atoms with Crippen molar-refractivity contribution in [2.75, 3.05) is 20.3 Å². The summed E-state index contributed by atoms with van der Waals surface area (Å²) < 4.78 is 5.11. The Labute approximate surface area is 118 Å². The molecule has 2 N–H and O–H groups in total. The van der Waals surface area contributed by atoms with E-state index in [0.29, 0.717) is 23.1 Å². The molecule has 0 aliphatic heterocycles. The number of aliphatic hydroxyl groups is 1. The maximum Gasteiger partial charge on any atom is 0.0639 e. The highest BCUT2D eigenvalue weighted by Crippen LogP contribution is 2.29. The largest absolute Gasteiger partial charge is 0.396 e. The fourth-order valence-corrected chi connectivity index (χ4v) is 2.34. The summed E-state index contributed by atoms with van der Waals surface area (Å²) in [6.45, 7) is 2.68. The van der Waals surface area contributed by atoms with E-state index in [1.54, 1.807) is 13.2 Å². The predicted octanol–water partition coefficient (Wildman–Crippen LogP) is 3.04. The van der Waals surface area contributed by atoms with Crippen molar-refractivity contribution in [2.45, 2.75) is 25.4 Å². The van der Waals surface area contributed by atoms with Gasteiger partial charge in [-0.1, -0.05) is 35.3 Å². The number of hydrogen-bond donors (Lipinski definition) is 2. The van der Waals surface area contributed by atoms with E-state index in [9.17, 15) is 0 Å². The van der Waals surface area contributed by atoms with Crippen LogP contribution in [0.3, 0.4) is 0 Å². The first-order valence-electron chi connectivity index (χ1n) is 5.90. The second-order valence-electron chi connectivity index (χ2n) is 4.20. The fraction of sp³-hybridized carbons (Fsp3) is 0.538. The molecule has 2 atom stereocenters. The minimum atomic E-state index is 0.0444. The molecule has 0 fully saturated rings. The molecule has 0 heterocycles. The lowest BCUT2D eigenvalue weighted by Crippen LogP contribution is -2.36. The summed E-state index contributed by atoms with van der Waals surface area (Å²) >= 11 is 12.2. The smallest absolute Gasteiger partial charge is 0.0639 e. The van der Waals surface area contributed by atoms with Crippen LogP contribution in [0.1, 0.15) is 24.9 Å². The standard InChI is InChI=1S/C13H19Cl2NO2/c1-9(16-10(6-7-17)8-18-2)11-4-3-5-12(14)13(11)15/h3-5,9-10,16-17H,6-8H2,1-2H3. The van der Waals surface area contributed by atoms with E-state index in [-0.39, 0.29) is 18.7 Å². The second-order valence-corrected chi connectivity index (χ2v) is 4.98. The van der Waals surface area contributed by atoms with Gasteiger partial charge in [-0.15, -0.1) is 0 Å². The molecule has 0 radical (unpaired) electrons. The molecule has 0 bridgehead atoms. The molecular formula is C13H19Cl2NO2. The van der Waals surface area contributed by atoms with Crippen molar-refractivity contribution < 1.29 is 9.84 Å². The van der Waals surface area contributed by atoms with Crippen molar-refractivity contribution in [1.29, 1.82) is 0 Å². The van der Waals surface area contributed by atoms with Crippen molar-refractivity contribution >= 4 is 23.2 Å². The van der Waals surface area contributed by atoms with Gasteiger partial charge in [-0.3, -0.25) is 0 Å². The van der Waals surface area contributed by atoms with Crippen LogP contribution < -0.4 is 5.32 Å². The molecule has 5 heteroatoms. The zero-order valence-electron chi connectivity index (χ0n) is 10.6. The lowest BCUT2D eigenvalue weighted by molar-refractivity contribution is 0.143. The highest BCUT2D eigenvalue weighted by molar-refractivity contribution is 6.42. The minimum Gasteiger partial charge on any atom is -0.396 e. The van der Waals surface area contributed by atoms with Crippen molar-refractivity contribution in [3.63, 3.8) is 0 Å². The van der Waals surface area contributed by atoms with Gasteiger partial charge in [-0.25, -0.2) is 0 Å². The monoisotopic (exact) mass is 291 g/mol. The molecule has 1 aromatic rings. The first-order valence-corrected chi connectivity index (χ1v) is 6.65. The van der Waals surface area contributed by atoms with Crippen molar-refractivity contribution in [2.24, 2.45) is 0 Å². The maximum absolute atomic E-state index is 9.00. The first-order chi connectivity index (χ1) is 8.60. The Kier molecular flexibility index (Phi) is 6.97. The maximum atomic E-state index is 9.00. The van der Waals surface area contributed by atoms with Crippen molar-refractivity contribution in [1.82, 2.24) is 5.32 Å². The van der Waals surface area contributed by atoms with Gasteiger partial charge in [0, 0.05) is 25.8 Å². The van der Waals surface area contributed by atoms with Crippen LogP contribution in [0, 0.1) is 0 Å². The van der Waals surface area contributed by atoms with Gasteiger partial charge in [-0.2, -0.15) is 0 Å². The van der Waals surface area contributed by atoms with Crippen LogP contribution in [0.15, 0.2) is 18.2 Å². The molecule has 1 rings (SSSR count). The number of halogens is 2. The van der Waals surface area contributed by atoms with Gasteiger partial charge >= 0.3 is 0 Å². The Morgan fingerprint density at radius 1 is 1.39 bits per heavy atom. The molecule has 0 amide bonds. The van der Waals surface area contributed by atoms with Gasteiger partial charge in [-0.05, 0) is 25.0 Å². The van der Waals surface area contributed by atoms with Gasteiger partial charge in [0.2, 0.25) is 0 Å².